The Labute approximate surface area is 176 Å². The lowest BCUT2D eigenvalue weighted by Gasteiger charge is -2.46. The number of likely N-dealkylation sites (tertiary alicyclic amines) is 1. The Morgan fingerprint density at radius 3 is 2.83 bits per heavy atom. The highest BCUT2D eigenvalue weighted by atomic mass is 16.5. The van der Waals surface area contributed by atoms with Crippen LogP contribution in [0.2, 0.25) is 0 Å². The largest absolute Gasteiger partial charge is 0.492 e. The van der Waals surface area contributed by atoms with E-state index in [1.165, 1.54) is 69.2 Å². The van der Waals surface area contributed by atoms with Gasteiger partial charge in [-0.15, -0.1) is 0 Å². The minimum atomic E-state index is 0.0414. The van der Waals surface area contributed by atoms with Gasteiger partial charge in [0.2, 0.25) is 0 Å². The van der Waals surface area contributed by atoms with Crippen LogP contribution in [0.15, 0.2) is 12.1 Å². The third kappa shape index (κ3) is 4.63. The van der Waals surface area contributed by atoms with Crippen LogP contribution in [-0.2, 0) is 12.8 Å². The average Bonchev–Trinajstić information content (AvgIpc) is 3.23. The molecule has 1 saturated heterocycles. The summed E-state index contributed by atoms with van der Waals surface area (Å²) in [6.45, 7) is 8.27. The second kappa shape index (κ2) is 9.51. The molecule has 2 aliphatic heterocycles. The lowest BCUT2D eigenvalue weighted by Crippen LogP contribution is -2.52. The number of ether oxygens (including phenoxy) is 1. The maximum Gasteiger partial charge on any atom is 0.255 e. The van der Waals surface area contributed by atoms with Crippen molar-refractivity contribution in [2.75, 3.05) is 26.2 Å². The number of aryl methyl sites for hydroxylation is 1. The molecule has 0 bridgehead atoms. The third-order valence-corrected chi connectivity index (χ3v) is 7.42. The monoisotopic (exact) mass is 398 g/mol. The van der Waals surface area contributed by atoms with Crippen molar-refractivity contribution in [1.29, 1.82) is 0 Å². The van der Waals surface area contributed by atoms with Crippen molar-refractivity contribution in [2.24, 2.45) is 11.8 Å². The molecule has 2 unspecified atom stereocenters. The Hall–Kier alpha value is -1.55. The van der Waals surface area contributed by atoms with Crippen molar-refractivity contribution >= 4 is 5.91 Å². The molecule has 3 atom stereocenters. The number of nitrogens with zero attached hydrogens (tertiary/aromatic N) is 1. The highest BCUT2D eigenvalue weighted by Crippen LogP contribution is 2.38. The quantitative estimate of drug-likeness (QED) is 0.730. The lowest BCUT2D eigenvalue weighted by atomic mass is 9.73. The van der Waals surface area contributed by atoms with Gasteiger partial charge in [0.1, 0.15) is 5.75 Å². The minimum absolute atomic E-state index is 0.0414. The number of carbonyl (C=O) groups is 1. The molecule has 3 aliphatic rings. The van der Waals surface area contributed by atoms with Crippen LogP contribution in [0, 0.1) is 11.8 Å². The molecule has 1 aromatic carbocycles. The fraction of sp³-hybridized carbons (Fsp3) is 0.720. The molecule has 4 rings (SSSR count). The zero-order chi connectivity index (χ0) is 20.2. The van der Waals surface area contributed by atoms with Crippen LogP contribution in [0.1, 0.15) is 80.3 Å². The van der Waals surface area contributed by atoms with Crippen molar-refractivity contribution < 1.29 is 9.53 Å². The number of amides is 1. The maximum atomic E-state index is 13.1. The summed E-state index contributed by atoms with van der Waals surface area (Å²) in [6, 6.07) is 4.72. The highest BCUT2D eigenvalue weighted by molar-refractivity contribution is 5.97. The van der Waals surface area contributed by atoms with E-state index in [4.69, 9.17) is 4.74 Å². The lowest BCUT2D eigenvalue weighted by molar-refractivity contribution is 0.0370. The molecule has 1 aliphatic carbocycles. The third-order valence-electron chi connectivity index (χ3n) is 7.42. The van der Waals surface area contributed by atoms with Crippen molar-refractivity contribution in [3.63, 3.8) is 0 Å². The zero-order valence-corrected chi connectivity index (χ0v) is 18.3. The predicted molar refractivity (Wildman–Crippen MR) is 118 cm³/mol. The number of piperidine rings is 1. The molecule has 4 nitrogen and oxygen atoms in total. The first kappa shape index (κ1) is 20.7. The van der Waals surface area contributed by atoms with Gasteiger partial charge in [-0.25, -0.2) is 0 Å². The molecule has 1 amide bonds. The van der Waals surface area contributed by atoms with Crippen molar-refractivity contribution in [2.45, 2.75) is 77.7 Å². The Bertz CT molecular complexity index is 717. The van der Waals surface area contributed by atoms with Gasteiger partial charge in [0.25, 0.3) is 5.91 Å². The van der Waals surface area contributed by atoms with Gasteiger partial charge in [-0.2, -0.15) is 0 Å². The standard InChI is InChI=1S/C25H38N2O2/c1-3-5-11-27-17-21-9-7-6-8-19(21)15-22(27)16-26-25(28)23-14-18(4-2)13-20-10-12-29-24(20)23/h13-14,19,21-22H,3-12,15-17H2,1-2H3,(H,26,28)/t19?,21?,22-/m0/s1. The predicted octanol–water partition coefficient (Wildman–Crippen LogP) is 4.59. The summed E-state index contributed by atoms with van der Waals surface area (Å²) in [6.07, 6.45) is 11.2. The van der Waals surface area contributed by atoms with E-state index in [1.54, 1.807) is 0 Å². The van der Waals surface area contributed by atoms with Gasteiger partial charge in [0.05, 0.1) is 12.2 Å². The molecule has 1 N–H and O–H groups in total. The first-order chi connectivity index (χ1) is 14.2. The summed E-state index contributed by atoms with van der Waals surface area (Å²) in [7, 11) is 0. The first-order valence-electron chi connectivity index (χ1n) is 12.0. The van der Waals surface area contributed by atoms with Crippen LogP contribution in [0.3, 0.4) is 0 Å². The van der Waals surface area contributed by atoms with Gasteiger partial charge < -0.3 is 10.1 Å². The second-order valence-electron chi connectivity index (χ2n) is 9.34. The highest BCUT2D eigenvalue weighted by Gasteiger charge is 2.36. The van der Waals surface area contributed by atoms with Crippen molar-refractivity contribution in [3.05, 3.63) is 28.8 Å². The first-order valence-corrected chi connectivity index (χ1v) is 12.0. The van der Waals surface area contributed by atoms with E-state index in [-0.39, 0.29) is 5.91 Å². The fourth-order valence-electron chi connectivity index (χ4n) is 5.68. The van der Waals surface area contributed by atoms with Crippen molar-refractivity contribution in [1.82, 2.24) is 10.2 Å². The number of unbranched alkanes of at least 4 members (excludes halogenated alkanes) is 1. The van der Waals surface area contributed by atoms with E-state index in [9.17, 15) is 4.79 Å². The maximum absolute atomic E-state index is 13.1. The summed E-state index contributed by atoms with van der Waals surface area (Å²) in [5, 5.41) is 3.29. The molecule has 0 spiro atoms. The summed E-state index contributed by atoms with van der Waals surface area (Å²) >= 11 is 0. The Balaban J connectivity index is 1.44. The van der Waals surface area contributed by atoms with E-state index >= 15 is 0 Å². The summed E-state index contributed by atoms with van der Waals surface area (Å²) in [5.74, 6) is 2.60. The molecule has 160 valence electrons. The van der Waals surface area contributed by atoms with Crippen LogP contribution in [0.4, 0.5) is 0 Å². The summed E-state index contributed by atoms with van der Waals surface area (Å²) < 4.78 is 5.82. The molecule has 0 aromatic heterocycles. The van der Waals surface area contributed by atoms with Crippen LogP contribution in [-0.4, -0.2) is 43.1 Å². The van der Waals surface area contributed by atoms with Gasteiger partial charge in [-0.3, -0.25) is 9.69 Å². The summed E-state index contributed by atoms with van der Waals surface area (Å²) in [5.41, 5.74) is 3.16. The number of rotatable bonds is 7. The molecule has 4 heteroatoms. The number of hydrogen-bond donors (Lipinski definition) is 1. The van der Waals surface area contributed by atoms with Crippen LogP contribution in [0.5, 0.6) is 5.75 Å². The van der Waals surface area contributed by atoms with Gasteiger partial charge in [0.15, 0.2) is 0 Å². The van der Waals surface area contributed by atoms with E-state index in [0.717, 1.165) is 42.5 Å². The molecular formula is C25H38N2O2. The van der Waals surface area contributed by atoms with Gasteiger partial charge in [0, 0.05) is 25.6 Å². The Morgan fingerprint density at radius 1 is 1.21 bits per heavy atom. The number of fused-ring (bicyclic) bond motifs is 2. The normalized spacial score (nSPS) is 26.5. The molecule has 0 radical (unpaired) electrons. The zero-order valence-electron chi connectivity index (χ0n) is 18.3. The van der Waals surface area contributed by atoms with Gasteiger partial charge in [-0.1, -0.05) is 45.6 Å². The van der Waals surface area contributed by atoms with E-state index < -0.39 is 0 Å². The fourth-order valence-corrected chi connectivity index (χ4v) is 5.68. The SMILES string of the molecule is CCCCN1CC2CCCCC2C[C@H]1CNC(=O)c1cc(CC)cc2c1OCC2. The number of benzene rings is 1. The van der Waals surface area contributed by atoms with E-state index in [2.05, 4.69) is 30.1 Å². The van der Waals surface area contributed by atoms with Crippen LogP contribution >= 0.6 is 0 Å². The van der Waals surface area contributed by atoms with Gasteiger partial charge >= 0.3 is 0 Å². The molecule has 29 heavy (non-hydrogen) atoms. The minimum Gasteiger partial charge on any atom is -0.492 e. The topological polar surface area (TPSA) is 41.6 Å². The Morgan fingerprint density at radius 2 is 2.03 bits per heavy atom. The molecule has 1 saturated carbocycles. The number of carbonyl (C=O) groups excluding carboxylic acids is 1. The summed E-state index contributed by atoms with van der Waals surface area (Å²) in [4.78, 5) is 15.8. The number of hydrogen-bond acceptors (Lipinski definition) is 3. The Kier molecular flexibility index (Phi) is 6.79. The van der Waals surface area contributed by atoms with E-state index in [1.807, 2.05) is 6.07 Å². The van der Waals surface area contributed by atoms with Crippen LogP contribution in [0.25, 0.3) is 0 Å². The number of nitrogens with one attached hydrogen (secondary N) is 1. The molecule has 1 aromatic rings. The molecule has 2 heterocycles. The second-order valence-corrected chi connectivity index (χ2v) is 9.34. The molecule has 2 fully saturated rings. The van der Waals surface area contributed by atoms with E-state index in [0.29, 0.717) is 12.6 Å². The smallest absolute Gasteiger partial charge is 0.255 e. The van der Waals surface area contributed by atoms with Crippen LogP contribution < -0.4 is 10.1 Å². The average molecular weight is 399 g/mol. The molecular weight excluding hydrogens is 360 g/mol. The van der Waals surface area contributed by atoms with Gasteiger partial charge in [-0.05, 0) is 61.3 Å². The van der Waals surface area contributed by atoms with Crippen molar-refractivity contribution in [3.8, 4) is 5.75 Å².